The minimum atomic E-state index is -0.667. The number of aromatic hydroxyl groups is 6. The third kappa shape index (κ3) is 6.35. The van der Waals surface area contributed by atoms with Gasteiger partial charge < -0.3 is 40.9 Å². The molecule has 0 bridgehead atoms. The van der Waals surface area contributed by atoms with Crippen LogP contribution in [0.4, 0.5) is 0 Å². The largest absolute Gasteiger partial charge is 0.506 e. The number of rotatable bonds is 7. The fourth-order valence-electron chi connectivity index (χ4n) is 8.18. The van der Waals surface area contributed by atoms with E-state index in [9.17, 15) is 30.6 Å². The Balaban J connectivity index is 1.22. The molecule has 0 saturated heterocycles. The second kappa shape index (κ2) is 15.1. The Bertz CT molecular complexity index is 3380. The first-order chi connectivity index (χ1) is 30.2. The van der Waals surface area contributed by atoms with E-state index in [1.807, 2.05) is 127 Å². The Labute approximate surface area is 357 Å². The van der Waals surface area contributed by atoms with Crippen LogP contribution in [0.2, 0.25) is 0 Å². The molecule has 62 heavy (non-hydrogen) atoms. The summed E-state index contributed by atoms with van der Waals surface area (Å²) in [6.07, 6.45) is 0. The van der Waals surface area contributed by atoms with Crippen LogP contribution in [0.5, 0.6) is 34.5 Å². The lowest BCUT2D eigenvalue weighted by Gasteiger charge is -2.17. The molecule has 0 fully saturated rings. The van der Waals surface area contributed by atoms with Crippen molar-refractivity contribution in [3.8, 4) is 62.4 Å². The molecule has 0 atom stereocenters. The smallest absolute Gasteiger partial charge is 0.168 e. The molecule has 8 aromatic carbocycles. The molecule has 2 aromatic heterocycles. The lowest BCUT2D eigenvalue weighted by Crippen LogP contribution is -2.16. The van der Waals surface area contributed by atoms with Gasteiger partial charge in [0.2, 0.25) is 0 Å². The number of nitrogens with two attached hydrogens (primary N) is 1. The highest BCUT2D eigenvalue weighted by atomic mass is 32.1. The molecule has 0 aliphatic carbocycles. The van der Waals surface area contributed by atoms with Crippen molar-refractivity contribution in [1.82, 2.24) is 4.57 Å². The summed E-state index contributed by atoms with van der Waals surface area (Å²) in [4.78, 5) is 9.94. The topological polar surface area (TPSA) is 177 Å². The Kier molecular flexibility index (Phi) is 9.23. The number of hydrogen-bond acceptors (Lipinski definition) is 8. The average molecular weight is 833 g/mol. The van der Waals surface area contributed by atoms with E-state index >= 15 is 0 Å². The highest BCUT2D eigenvalue weighted by Crippen LogP contribution is 2.53. The molecule has 11 heteroatoms. The minimum absolute atomic E-state index is 0.000856. The van der Waals surface area contributed by atoms with Crippen LogP contribution < -0.4 is 5.73 Å². The number of amidine groups is 2. The molecular formula is C51H36N4O6S. The van der Waals surface area contributed by atoms with Crippen LogP contribution in [0, 0.1) is 0 Å². The first kappa shape index (κ1) is 38.0. The summed E-state index contributed by atoms with van der Waals surface area (Å²) in [5.41, 5.74) is 12.7. The van der Waals surface area contributed by atoms with Crippen LogP contribution in [-0.4, -0.2) is 46.9 Å². The number of thiophene rings is 1. The fourth-order valence-corrected chi connectivity index (χ4v) is 9.42. The summed E-state index contributed by atoms with van der Waals surface area (Å²) < 4.78 is 3.68. The predicted molar refractivity (Wildman–Crippen MR) is 248 cm³/mol. The van der Waals surface area contributed by atoms with Gasteiger partial charge in [0.1, 0.15) is 28.4 Å². The van der Waals surface area contributed by atoms with E-state index in [0.717, 1.165) is 54.6 Å². The van der Waals surface area contributed by atoms with E-state index in [2.05, 4.69) is 18.2 Å². The van der Waals surface area contributed by atoms with Gasteiger partial charge in [0.25, 0.3) is 0 Å². The molecule has 0 radical (unpaired) electrons. The standard InChI is InChI=1S/C51H36N4O6S/c52-50(30-12-5-2-6-13-30)54-51(31-20-18-29(19-21-31)28-10-3-1-4-11-28)53-27-33-23-22-32(34-15-9-16-36-35-14-7-8-17-42(35)62-49(34)36)24-37(33)55-45-38(56)25-40(58)47(60)43(45)44-46(55)39(57)26-41(59)48(44)61/h1-26,56-61H,27H2,(H2,52,53,54). The van der Waals surface area contributed by atoms with Crippen LogP contribution in [-0.2, 0) is 6.54 Å². The van der Waals surface area contributed by atoms with Gasteiger partial charge in [-0.25, -0.2) is 4.99 Å². The van der Waals surface area contributed by atoms with Gasteiger partial charge >= 0.3 is 0 Å². The third-order valence-corrected chi connectivity index (χ3v) is 12.4. The third-order valence-electron chi connectivity index (χ3n) is 11.1. The van der Waals surface area contributed by atoms with Crippen molar-refractivity contribution in [2.24, 2.45) is 15.7 Å². The maximum absolute atomic E-state index is 11.6. The summed E-state index contributed by atoms with van der Waals surface area (Å²) in [5.74, 6) is -2.99. The summed E-state index contributed by atoms with van der Waals surface area (Å²) in [5, 5.41) is 69.0. The monoisotopic (exact) mass is 832 g/mol. The SMILES string of the molecule is NC(=NC(=NCc1ccc(-c2cccc3c2sc2ccccc23)cc1-n1c2c(O)cc(O)c(O)c2c2c(O)c(O)cc(O)c21)c1ccc(-c2ccccc2)cc1)c1ccccc1. The zero-order valence-electron chi connectivity index (χ0n) is 32.7. The van der Waals surface area contributed by atoms with Crippen molar-refractivity contribution in [1.29, 1.82) is 0 Å². The van der Waals surface area contributed by atoms with Crippen molar-refractivity contribution in [2.45, 2.75) is 6.54 Å². The summed E-state index contributed by atoms with van der Waals surface area (Å²) in [6, 6.07) is 49.3. The maximum Gasteiger partial charge on any atom is 0.168 e. The average Bonchev–Trinajstić information content (AvgIpc) is 3.87. The number of phenolic OH excluding ortho intramolecular Hbond substituents is 6. The van der Waals surface area contributed by atoms with E-state index in [-0.39, 0.29) is 34.2 Å². The van der Waals surface area contributed by atoms with Gasteiger partial charge in [0.05, 0.1) is 23.0 Å². The van der Waals surface area contributed by atoms with Gasteiger partial charge in [-0.2, -0.15) is 0 Å². The zero-order chi connectivity index (χ0) is 42.6. The molecule has 8 N–H and O–H groups in total. The second-order valence-electron chi connectivity index (χ2n) is 14.9. The number of aromatic nitrogens is 1. The molecule has 0 aliphatic rings. The maximum atomic E-state index is 11.6. The number of hydrogen-bond donors (Lipinski definition) is 7. The van der Waals surface area contributed by atoms with Gasteiger partial charge in [-0.05, 0) is 39.9 Å². The molecule has 0 aliphatic heterocycles. The molecule has 0 spiro atoms. The van der Waals surface area contributed by atoms with E-state index in [1.54, 1.807) is 11.3 Å². The molecule has 0 amide bonds. The summed E-state index contributed by atoms with van der Waals surface area (Å²) in [7, 11) is 0. The highest BCUT2D eigenvalue weighted by Gasteiger charge is 2.28. The first-order valence-corrected chi connectivity index (χ1v) is 20.5. The number of nitrogens with zero attached hydrogens (tertiary/aromatic N) is 3. The molecule has 0 saturated carbocycles. The van der Waals surface area contributed by atoms with Crippen molar-refractivity contribution in [2.75, 3.05) is 0 Å². The fraction of sp³-hybridized carbons (Fsp3) is 0.0196. The molecule has 10 nitrogen and oxygen atoms in total. The van der Waals surface area contributed by atoms with Crippen LogP contribution >= 0.6 is 11.3 Å². The lowest BCUT2D eigenvalue weighted by molar-refractivity contribution is 0.400. The molecule has 0 unspecified atom stereocenters. The summed E-state index contributed by atoms with van der Waals surface area (Å²) in [6.45, 7) is 0.000856. The number of fused-ring (bicyclic) bond motifs is 6. The van der Waals surface area contributed by atoms with Crippen LogP contribution in [0.15, 0.2) is 168 Å². The van der Waals surface area contributed by atoms with Crippen molar-refractivity contribution in [3.05, 3.63) is 174 Å². The molecule has 302 valence electrons. The number of phenols is 6. The predicted octanol–water partition coefficient (Wildman–Crippen LogP) is 11.1. The summed E-state index contributed by atoms with van der Waals surface area (Å²) >= 11 is 1.67. The van der Waals surface area contributed by atoms with Gasteiger partial charge in [-0.1, -0.05) is 133 Å². The molecule has 10 rings (SSSR count). The van der Waals surface area contributed by atoms with Crippen molar-refractivity contribution in [3.63, 3.8) is 0 Å². The molecular weight excluding hydrogens is 797 g/mol. The first-order valence-electron chi connectivity index (χ1n) is 19.7. The number of benzene rings is 8. The van der Waals surface area contributed by atoms with Crippen LogP contribution in [0.1, 0.15) is 16.7 Å². The quantitative estimate of drug-likeness (QED) is 0.0362. The van der Waals surface area contributed by atoms with E-state index in [4.69, 9.17) is 15.7 Å². The number of aliphatic imine (C=N–C) groups is 2. The molecule has 2 heterocycles. The van der Waals surface area contributed by atoms with Crippen LogP contribution in [0.3, 0.4) is 0 Å². The normalized spacial score (nSPS) is 12.3. The van der Waals surface area contributed by atoms with Crippen molar-refractivity contribution < 1.29 is 30.6 Å². The second-order valence-corrected chi connectivity index (χ2v) is 15.9. The Hall–Kier alpha value is -8.28. The highest BCUT2D eigenvalue weighted by molar-refractivity contribution is 7.26. The zero-order valence-corrected chi connectivity index (χ0v) is 33.5. The van der Waals surface area contributed by atoms with E-state index < -0.39 is 34.5 Å². The Morgan fingerprint density at radius 3 is 1.79 bits per heavy atom. The van der Waals surface area contributed by atoms with Gasteiger partial charge in [-0.3, -0.25) is 4.99 Å². The van der Waals surface area contributed by atoms with E-state index in [1.165, 1.54) is 4.57 Å². The van der Waals surface area contributed by atoms with Gasteiger partial charge in [0, 0.05) is 43.4 Å². The Morgan fingerprint density at radius 1 is 0.532 bits per heavy atom. The molecule has 10 aromatic rings. The lowest BCUT2D eigenvalue weighted by atomic mass is 9.99. The Morgan fingerprint density at radius 2 is 1.11 bits per heavy atom. The van der Waals surface area contributed by atoms with Gasteiger partial charge in [-0.15, -0.1) is 11.3 Å². The van der Waals surface area contributed by atoms with Crippen LogP contribution in [0.25, 0.3) is 69.9 Å². The van der Waals surface area contributed by atoms with Crippen molar-refractivity contribution >= 4 is 65.0 Å². The minimum Gasteiger partial charge on any atom is -0.506 e. The van der Waals surface area contributed by atoms with Gasteiger partial charge in [0.15, 0.2) is 28.8 Å². The van der Waals surface area contributed by atoms with E-state index in [0.29, 0.717) is 28.2 Å².